The van der Waals surface area contributed by atoms with Gasteiger partial charge in [0.15, 0.2) is 11.5 Å². The van der Waals surface area contributed by atoms with Crippen LogP contribution in [0.3, 0.4) is 0 Å². The lowest BCUT2D eigenvalue weighted by molar-refractivity contribution is 0.0946. The van der Waals surface area contributed by atoms with Crippen LogP contribution in [-0.2, 0) is 13.0 Å². The Kier molecular flexibility index (Phi) is 6.24. The molecule has 5 rings (SSSR count). The molecule has 2 aromatic heterocycles. The topological polar surface area (TPSA) is 71.0 Å². The molecule has 1 saturated heterocycles. The summed E-state index contributed by atoms with van der Waals surface area (Å²) in [6.07, 6.45) is 5.08. The average Bonchev–Trinajstić information content (AvgIpc) is 2.88. The molecule has 1 aliphatic rings. The van der Waals surface area contributed by atoms with Crippen molar-refractivity contribution in [3.05, 3.63) is 95.9 Å². The average molecular weight is 438 g/mol. The number of carbonyl (C=O) groups is 1. The van der Waals surface area contributed by atoms with Crippen LogP contribution < -0.4 is 10.2 Å². The maximum atomic E-state index is 12.9. The Labute approximate surface area is 193 Å². The number of pyridine rings is 1. The van der Waals surface area contributed by atoms with Gasteiger partial charge in [-0.3, -0.25) is 9.78 Å². The number of benzene rings is 2. The first kappa shape index (κ1) is 21.1. The number of nitrogens with zero attached hydrogens (tertiary/aromatic N) is 4. The summed E-state index contributed by atoms with van der Waals surface area (Å²) in [5, 5.41) is 13.6. The van der Waals surface area contributed by atoms with E-state index < -0.39 is 0 Å². The third-order valence-electron chi connectivity index (χ3n) is 6.32. The summed E-state index contributed by atoms with van der Waals surface area (Å²) >= 11 is 0. The summed E-state index contributed by atoms with van der Waals surface area (Å²) in [6, 6.07) is 24.3. The van der Waals surface area contributed by atoms with Gasteiger partial charge in [0.2, 0.25) is 0 Å². The third kappa shape index (κ3) is 4.85. The molecule has 6 heteroatoms. The number of amides is 1. The summed E-state index contributed by atoms with van der Waals surface area (Å²) in [4.78, 5) is 19.4. The largest absolute Gasteiger partial charge is 0.355 e. The fraction of sp³-hybridized carbons (Fsp3) is 0.259. The summed E-state index contributed by atoms with van der Waals surface area (Å²) in [5.41, 5.74) is 2.56. The zero-order valence-corrected chi connectivity index (χ0v) is 18.5. The van der Waals surface area contributed by atoms with E-state index in [4.69, 9.17) is 0 Å². The molecule has 0 unspecified atom stereocenters. The van der Waals surface area contributed by atoms with Gasteiger partial charge in [-0.15, -0.1) is 10.2 Å². The molecule has 1 aliphatic heterocycles. The van der Waals surface area contributed by atoms with Crippen LogP contribution in [0.1, 0.15) is 34.6 Å². The molecule has 2 aromatic carbocycles. The van der Waals surface area contributed by atoms with E-state index in [2.05, 4.69) is 55.7 Å². The van der Waals surface area contributed by atoms with Gasteiger partial charge in [-0.05, 0) is 42.9 Å². The van der Waals surface area contributed by atoms with Crippen molar-refractivity contribution < 1.29 is 4.79 Å². The number of carbonyl (C=O) groups excluding carboxylic acids is 1. The molecular formula is C27H27N5O. The number of hydrogen-bond donors (Lipinski definition) is 1. The first-order valence-corrected chi connectivity index (χ1v) is 11.5. The number of rotatable bonds is 6. The lowest BCUT2D eigenvalue weighted by atomic mass is 9.90. The third-order valence-corrected chi connectivity index (χ3v) is 6.32. The second-order valence-corrected chi connectivity index (χ2v) is 8.54. The van der Waals surface area contributed by atoms with E-state index in [1.165, 1.54) is 5.56 Å². The Hall–Kier alpha value is -3.80. The summed E-state index contributed by atoms with van der Waals surface area (Å²) in [6.45, 7) is 2.25. The van der Waals surface area contributed by atoms with Crippen LogP contribution in [0, 0.1) is 5.92 Å². The highest BCUT2D eigenvalue weighted by atomic mass is 16.1. The molecule has 0 spiro atoms. The monoisotopic (exact) mass is 437 g/mol. The number of hydrogen-bond acceptors (Lipinski definition) is 5. The van der Waals surface area contributed by atoms with E-state index in [9.17, 15) is 4.79 Å². The number of aromatic nitrogens is 3. The predicted molar refractivity (Wildman–Crippen MR) is 130 cm³/mol. The molecule has 0 radical (unpaired) electrons. The van der Waals surface area contributed by atoms with Gasteiger partial charge in [-0.2, -0.15) is 0 Å². The van der Waals surface area contributed by atoms with Gasteiger partial charge in [-0.1, -0.05) is 60.7 Å². The Balaban J connectivity index is 1.30. The lowest BCUT2D eigenvalue weighted by Crippen LogP contribution is -2.35. The minimum atomic E-state index is -0.238. The van der Waals surface area contributed by atoms with Gasteiger partial charge >= 0.3 is 0 Å². The van der Waals surface area contributed by atoms with Gasteiger partial charge < -0.3 is 10.2 Å². The maximum Gasteiger partial charge on any atom is 0.272 e. The summed E-state index contributed by atoms with van der Waals surface area (Å²) in [7, 11) is 0. The molecule has 166 valence electrons. The quantitative estimate of drug-likeness (QED) is 0.484. The molecule has 4 aromatic rings. The van der Waals surface area contributed by atoms with E-state index >= 15 is 0 Å². The molecule has 6 nitrogen and oxygen atoms in total. The smallest absolute Gasteiger partial charge is 0.272 e. The number of nitrogens with one attached hydrogen (secondary N) is 1. The van der Waals surface area contributed by atoms with Crippen molar-refractivity contribution in [3.63, 3.8) is 0 Å². The van der Waals surface area contributed by atoms with E-state index in [0.29, 0.717) is 18.2 Å². The molecule has 3 heterocycles. The van der Waals surface area contributed by atoms with Crippen LogP contribution in [0.25, 0.3) is 10.8 Å². The standard InChI is InChI=1S/C27H27N5O/c33-27(29-19-22-10-6-7-15-28-22)25-23-11-4-5-12-24(23)26(31-30-25)32-16-13-21(14-17-32)18-20-8-2-1-3-9-20/h1-12,15,21H,13-14,16-19H2,(H,29,33). The molecule has 1 fully saturated rings. The lowest BCUT2D eigenvalue weighted by Gasteiger charge is -2.33. The van der Waals surface area contributed by atoms with Gasteiger partial charge in [0.05, 0.1) is 12.2 Å². The van der Waals surface area contributed by atoms with Crippen molar-refractivity contribution >= 4 is 22.5 Å². The second kappa shape index (κ2) is 9.77. The van der Waals surface area contributed by atoms with Crippen molar-refractivity contribution in [2.75, 3.05) is 18.0 Å². The van der Waals surface area contributed by atoms with Crippen molar-refractivity contribution in [1.82, 2.24) is 20.5 Å². The van der Waals surface area contributed by atoms with Crippen LogP contribution in [-0.4, -0.2) is 34.2 Å². The minimum absolute atomic E-state index is 0.238. The van der Waals surface area contributed by atoms with Gasteiger partial charge in [0, 0.05) is 30.1 Å². The zero-order chi connectivity index (χ0) is 22.5. The Morgan fingerprint density at radius 1 is 0.879 bits per heavy atom. The van der Waals surface area contributed by atoms with Crippen LogP contribution >= 0.6 is 0 Å². The highest BCUT2D eigenvalue weighted by Gasteiger charge is 2.24. The highest BCUT2D eigenvalue weighted by molar-refractivity contribution is 6.07. The van der Waals surface area contributed by atoms with Crippen LogP contribution in [0.4, 0.5) is 5.82 Å². The Morgan fingerprint density at radius 3 is 2.36 bits per heavy atom. The molecule has 1 amide bonds. The summed E-state index contributed by atoms with van der Waals surface area (Å²) < 4.78 is 0. The zero-order valence-electron chi connectivity index (χ0n) is 18.5. The van der Waals surface area contributed by atoms with Gasteiger partial charge in [0.25, 0.3) is 5.91 Å². The fourth-order valence-corrected chi connectivity index (χ4v) is 4.54. The van der Waals surface area contributed by atoms with Crippen molar-refractivity contribution in [2.45, 2.75) is 25.8 Å². The van der Waals surface area contributed by atoms with Crippen LogP contribution in [0.15, 0.2) is 79.0 Å². The first-order chi connectivity index (χ1) is 16.3. The number of fused-ring (bicyclic) bond motifs is 1. The predicted octanol–water partition coefficient (Wildman–Crippen LogP) is 4.41. The molecule has 0 aliphatic carbocycles. The number of anilines is 1. The van der Waals surface area contributed by atoms with Crippen molar-refractivity contribution in [2.24, 2.45) is 5.92 Å². The molecular weight excluding hydrogens is 410 g/mol. The van der Waals surface area contributed by atoms with Crippen molar-refractivity contribution in [1.29, 1.82) is 0 Å². The van der Waals surface area contributed by atoms with E-state index in [0.717, 1.165) is 54.6 Å². The summed E-state index contributed by atoms with van der Waals surface area (Å²) in [5.74, 6) is 1.31. The molecule has 33 heavy (non-hydrogen) atoms. The minimum Gasteiger partial charge on any atom is -0.355 e. The molecule has 0 bridgehead atoms. The maximum absolute atomic E-state index is 12.9. The SMILES string of the molecule is O=C(NCc1ccccn1)c1nnc(N2CCC(Cc3ccccc3)CC2)c2ccccc12. The van der Waals surface area contributed by atoms with E-state index in [1.807, 2.05) is 42.5 Å². The second-order valence-electron chi connectivity index (χ2n) is 8.54. The number of piperidine rings is 1. The Bertz CT molecular complexity index is 1220. The van der Waals surface area contributed by atoms with Crippen LogP contribution in [0.5, 0.6) is 0 Å². The van der Waals surface area contributed by atoms with Crippen LogP contribution in [0.2, 0.25) is 0 Å². The van der Waals surface area contributed by atoms with Gasteiger partial charge in [0.1, 0.15) is 0 Å². The Morgan fingerprint density at radius 2 is 1.61 bits per heavy atom. The van der Waals surface area contributed by atoms with Gasteiger partial charge in [-0.25, -0.2) is 0 Å². The first-order valence-electron chi connectivity index (χ1n) is 11.5. The molecule has 1 N–H and O–H groups in total. The van der Waals surface area contributed by atoms with Crippen molar-refractivity contribution in [3.8, 4) is 0 Å². The fourth-order valence-electron chi connectivity index (χ4n) is 4.54. The van der Waals surface area contributed by atoms with E-state index in [-0.39, 0.29) is 5.91 Å². The van der Waals surface area contributed by atoms with E-state index in [1.54, 1.807) is 6.20 Å². The molecule has 0 saturated carbocycles. The molecule has 0 atom stereocenters. The normalized spacial score (nSPS) is 14.4. The highest BCUT2D eigenvalue weighted by Crippen LogP contribution is 2.30.